The Morgan fingerprint density at radius 1 is 1.03 bits per heavy atom. The molecule has 2 heterocycles. The number of allylic oxidation sites excluding steroid dienone is 1. The van der Waals surface area contributed by atoms with Gasteiger partial charge in [-0.1, -0.05) is 66.4 Å². The normalized spacial score (nSPS) is 39.7. The third-order valence-corrected chi connectivity index (χ3v) is 11.5. The van der Waals surface area contributed by atoms with Crippen molar-refractivity contribution in [3.63, 3.8) is 0 Å². The first-order chi connectivity index (χ1) is 15.8. The van der Waals surface area contributed by atoms with Crippen molar-refractivity contribution in [3.05, 3.63) is 11.4 Å². The molecule has 0 saturated heterocycles. The summed E-state index contributed by atoms with van der Waals surface area (Å²) in [5, 5.41) is 13.4. The van der Waals surface area contributed by atoms with Crippen LogP contribution in [0, 0.1) is 46.3 Å². The van der Waals surface area contributed by atoms with Crippen molar-refractivity contribution in [1.29, 1.82) is 0 Å². The van der Waals surface area contributed by atoms with Crippen LogP contribution in [0.25, 0.3) is 6.08 Å². The molecule has 0 N–H and O–H groups in total. The van der Waals surface area contributed by atoms with E-state index >= 15 is 0 Å². The SMILES string of the molecule is CC[C@H](CC[C@@H](C)[C@H]1CC[C@H]2[C@H]3[C@H](CC[C@]12C)[C@@]1(C)CCCCC1=Cc1nnnn13)C(C)C. The van der Waals surface area contributed by atoms with E-state index in [4.69, 9.17) is 0 Å². The number of rotatable bonds is 6. The van der Waals surface area contributed by atoms with Crippen molar-refractivity contribution in [1.82, 2.24) is 20.2 Å². The molecule has 0 aromatic carbocycles. The molecule has 0 unspecified atom stereocenters. The first kappa shape index (κ1) is 23.5. The highest BCUT2D eigenvalue weighted by Gasteiger charge is 2.60. The van der Waals surface area contributed by atoms with Gasteiger partial charge in [-0.15, -0.1) is 5.10 Å². The minimum absolute atomic E-state index is 0.321. The van der Waals surface area contributed by atoms with Gasteiger partial charge in [-0.2, -0.15) is 0 Å². The van der Waals surface area contributed by atoms with Crippen LogP contribution < -0.4 is 0 Å². The summed E-state index contributed by atoms with van der Waals surface area (Å²) in [5.41, 5.74) is 2.39. The predicted octanol–water partition coefficient (Wildman–Crippen LogP) is 7.73. The molecule has 184 valence electrons. The Balaban J connectivity index is 1.42. The second-order valence-corrected chi connectivity index (χ2v) is 13.2. The summed E-state index contributed by atoms with van der Waals surface area (Å²) < 4.78 is 2.29. The lowest BCUT2D eigenvalue weighted by Gasteiger charge is -2.54. The third-order valence-electron chi connectivity index (χ3n) is 11.5. The Morgan fingerprint density at radius 3 is 2.61 bits per heavy atom. The largest absolute Gasteiger partial charge is 0.222 e. The maximum atomic E-state index is 4.65. The molecule has 0 spiro atoms. The molecule has 3 fully saturated rings. The average molecular weight is 453 g/mol. The first-order valence-electron chi connectivity index (χ1n) is 14.3. The van der Waals surface area contributed by atoms with Crippen molar-refractivity contribution < 1.29 is 0 Å². The number of hydrogen-bond acceptors (Lipinski definition) is 3. The lowest BCUT2D eigenvalue weighted by Crippen LogP contribution is -2.48. The highest BCUT2D eigenvalue weighted by Crippen LogP contribution is 2.67. The van der Waals surface area contributed by atoms with E-state index in [2.05, 4.69) is 67.8 Å². The number of nitrogens with zero attached hydrogens (tertiary/aromatic N) is 4. The quantitative estimate of drug-likeness (QED) is 0.443. The number of aromatic nitrogens is 4. The zero-order valence-electron chi connectivity index (χ0n) is 22.2. The molecule has 3 aliphatic carbocycles. The van der Waals surface area contributed by atoms with Crippen LogP contribution in [-0.2, 0) is 0 Å². The lowest BCUT2D eigenvalue weighted by molar-refractivity contribution is -0.0412. The molecule has 0 bridgehead atoms. The molecule has 1 aliphatic heterocycles. The zero-order valence-corrected chi connectivity index (χ0v) is 22.2. The Labute approximate surface area is 202 Å². The second kappa shape index (κ2) is 8.79. The van der Waals surface area contributed by atoms with E-state index in [1.54, 1.807) is 5.57 Å². The Morgan fingerprint density at radius 2 is 1.85 bits per heavy atom. The maximum absolute atomic E-state index is 4.65. The number of fused-ring (bicyclic) bond motifs is 7. The maximum Gasteiger partial charge on any atom is 0.174 e. The van der Waals surface area contributed by atoms with Crippen LogP contribution in [-0.4, -0.2) is 20.2 Å². The van der Waals surface area contributed by atoms with Crippen molar-refractivity contribution >= 4 is 6.08 Å². The van der Waals surface area contributed by atoms with Crippen LogP contribution in [0.4, 0.5) is 0 Å². The van der Waals surface area contributed by atoms with Crippen LogP contribution in [0.1, 0.15) is 124 Å². The summed E-state index contributed by atoms with van der Waals surface area (Å²) >= 11 is 0. The summed E-state index contributed by atoms with van der Waals surface area (Å²) in [7, 11) is 0. The number of hydrogen-bond donors (Lipinski definition) is 0. The van der Waals surface area contributed by atoms with Gasteiger partial charge < -0.3 is 0 Å². The fraction of sp³-hybridized carbons (Fsp3) is 0.897. The fourth-order valence-corrected chi connectivity index (χ4v) is 9.38. The average Bonchev–Trinajstić information content (AvgIpc) is 3.36. The Bertz CT molecular complexity index is 871. The third kappa shape index (κ3) is 3.73. The highest BCUT2D eigenvalue weighted by molar-refractivity contribution is 5.50. The van der Waals surface area contributed by atoms with Gasteiger partial charge >= 0.3 is 0 Å². The van der Waals surface area contributed by atoms with Gasteiger partial charge in [0, 0.05) is 0 Å². The molecule has 1 aromatic rings. The van der Waals surface area contributed by atoms with E-state index in [9.17, 15) is 0 Å². The number of tetrazole rings is 1. The summed E-state index contributed by atoms with van der Waals surface area (Å²) in [6.45, 7) is 15.0. The van der Waals surface area contributed by atoms with Crippen molar-refractivity contribution in [2.45, 2.75) is 118 Å². The molecule has 3 saturated carbocycles. The molecular weight excluding hydrogens is 404 g/mol. The van der Waals surface area contributed by atoms with E-state index in [1.165, 1.54) is 70.6 Å². The topological polar surface area (TPSA) is 43.6 Å². The summed E-state index contributed by atoms with van der Waals surface area (Å²) in [6.07, 6.45) is 17.3. The fourth-order valence-electron chi connectivity index (χ4n) is 9.38. The molecule has 1 aromatic heterocycles. The first-order valence-corrected chi connectivity index (χ1v) is 14.3. The van der Waals surface area contributed by atoms with Crippen LogP contribution >= 0.6 is 0 Å². The van der Waals surface area contributed by atoms with Crippen molar-refractivity contribution in [2.75, 3.05) is 0 Å². The summed E-state index contributed by atoms with van der Waals surface area (Å²) in [6, 6.07) is 0.474. The molecule has 0 radical (unpaired) electrons. The van der Waals surface area contributed by atoms with E-state index in [0.717, 1.165) is 29.5 Å². The van der Waals surface area contributed by atoms with Crippen molar-refractivity contribution in [3.8, 4) is 0 Å². The zero-order chi connectivity index (χ0) is 23.4. The molecule has 0 amide bonds. The van der Waals surface area contributed by atoms with Gasteiger partial charge in [0.15, 0.2) is 5.82 Å². The van der Waals surface area contributed by atoms with Gasteiger partial charge in [-0.05, 0) is 114 Å². The van der Waals surface area contributed by atoms with Gasteiger partial charge in [-0.3, -0.25) is 0 Å². The van der Waals surface area contributed by atoms with Crippen molar-refractivity contribution in [2.24, 2.45) is 46.3 Å². The summed E-state index contributed by atoms with van der Waals surface area (Å²) in [5.74, 6) is 5.80. The van der Waals surface area contributed by atoms with Gasteiger partial charge in [0.1, 0.15) is 0 Å². The molecule has 8 atom stereocenters. The molecule has 4 heteroatoms. The van der Waals surface area contributed by atoms with Crippen LogP contribution in [0.5, 0.6) is 0 Å². The van der Waals surface area contributed by atoms with Gasteiger partial charge in [0.2, 0.25) is 0 Å². The van der Waals surface area contributed by atoms with E-state index in [0.29, 0.717) is 28.7 Å². The van der Waals surface area contributed by atoms with E-state index in [-0.39, 0.29) is 0 Å². The van der Waals surface area contributed by atoms with Gasteiger partial charge in [0.05, 0.1) is 6.04 Å². The minimum Gasteiger partial charge on any atom is -0.222 e. The second-order valence-electron chi connectivity index (χ2n) is 13.2. The predicted molar refractivity (Wildman–Crippen MR) is 135 cm³/mol. The Hall–Kier alpha value is -1.19. The standard InChI is InChI=1S/C29H48N4/c1-7-21(19(2)3)12-11-20(4)23-13-14-24-27-25(15-17-29(23,24)6)28(5)16-9-8-10-22(28)18-26-30-31-32-33(26)27/h18-21,23-25,27H,7-17H2,1-6H3/t20-,21-,23-,24+,25+,27+,28+,29-/m1/s1. The van der Waals surface area contributed by atoms with E-state index < -0.39 is 0 Å². The molecule has 33 heavy (non-hydrogen) atoms. The van der Waals surface area contributed by atoms with Crippen LogP contribution in [0.3, 0.4) is 0 Å². The smallest absolute Gasteiger partial charge is 0.174 e. The monoisotopic (exact) mass is 452 g/mol. The molecular formula is C29H48N4. The van der Waals surface area contributed by atoms with E-state index in [1.807, 2.05) is 0 Å². The van der Waals surface area contributed by atoms with Crippen LogP contribution in [0.15, 0.2) is 5.57 Å². The molecule has 5 rings (SSSR count). The summed E-state index contributed by atoms with van der Waals surface area (Å²) in [4.78, 5) is 0. The molecule has 4 nitrogen and oxygen atoms in total. The Kier molecular flexibility index (Phi) is 6.27. The van der Waals surface area contributed by atoms with Gasteiger partial charge in [-0.25, -0.2) is 4.68 Å². The highest BCUT2D eigenvalue weighted by atomic mass is 15.6. The molecule has 4 aliphatic rings. The minimum atomic E-state index is 0.321. The van der Waals surface area contributed by atoms with Gasteiger partial charge in [0.25, 0.3) is 0 Å². The van der Waals surface area contributed by atoms with Crippen LogP contribution in [0.2, 0.25) is 0 Å². The lowest BCUT2D eigenvalue weighted by atomic mass is 9.51.